The van der Waals surface area contributed by atoms with Gasteiger partial charge in [-0.05, 0) is 47.5 Å². The van der Waals surface area contributed by atoms with Crippen LogP contribution in [0.1, 0.15) is 11.1 Å². The zero-order chi connectivity index (χ0) is 51.8. The zero-order valence-corrected chi connectivity index (χ0v) is 37.9. The predicted molar refractivity (Wildman–Crippen MR) is 234 cm³/mol. The third-order valence-corrected chi connectivity index (χ3v) is 11.9. The lowest BCUT2D eigenvalue weighted by Crippen LogP contribution is -2.62. The number of ether oxygens (including phenoxy) is 10. The summed E-state index contributed by atoms with van der Waals surface area (Å²) in [6.45, 7) is -2.58. The lowest BCUT2D eigenvalue weighted by molar-refractivity contribution is -0.323. The third-order valence-electron chi connectivity index (χ3n) is 11.9. The summed E-state index contributed by atoms with van der Waals surface area (Å²) < 4.78 is 55.2. The highest BCUT2D eigenvalue weighted by Crippen LogP contribution is 2.35. The normalized spacial score (nSPS) is 38.1. The fraction of sp³-hybridized carbons (Fsp3) is 0.578. The molecule has 2 aromatic rings. The maximum Gasteiger partial charge on any atom is 0.229 e. The number of methoxy groups -OCH3 is 2. The summed E-state index contributed by atoms with van der Waals surface area (Å²) in [5.41, 5.74) is 0.854. The molecule has 6 rings (SSSR count). The van der Waals surface area contributed by atoms with E-state index in [1.54, 1.807) is 0 Å². The van der Waals surface area contributed by atoms with E-state index in [0.717, 1.165) is 12.2 Å². The van der Waals surface area contributed by atoms with Gasteiger partial charge >= 0.3 is 0 Å². The Kier molecular flexibility index (Phi) is 19.6. The van der Waals surface area contributed by atoms with E-state index >= 15 is 0 Å². The molecule has 0 bridgehead atoms. The molecule has 0 aliphatic carbocycles. The topological polar surface area (TPSA) is 413 Å². The molecule has 0 aromatic heterocycles. The van der Waals surface area contributed by atoms with Crippen LogP contribution >= 0.6 is 0 Å². The largest absolute Gasteiger partial charge is 0.508 e. The van der Waals surface area contributed by atoms with E-state index in [4.69, 9.17) is 47.4 Å². The Balaban J connectivity index is 1.03. The van der Waals surface area contributed by atoms with E-state index in [9.17, 15) is 81.4 Å². The van der Waals surface area contributed by atoms with Crippen molar-refractivity contribution >= 4 is 17.9 Å². The minimum atomic E-state index is -1.81. The molecule has 4 aliphatic heterocycles. The van der Waals surface area contributed by atoms with Crippen LogP contribution in [0.3, 0.4) is 0 Å². The minimum Gasteiger partial charge on any atom is -0.508 e. The third kappa shape index (κ3) is 13.2. The highest BCUT2D eigenvalue weighted by atomic mass is 16.7. The summed E-state index contributed by atoms with van der Waals surface area (Å²) in [4.78, 5) is 12.8. The fourth-order valence-corrected chi connectivity index (χ4v) is 7.72. The fourth-order valence-electron chi connectivity index (χ4n) is 7.72. The van der Waals surface area contributed by atoms with Gasteiger partial charge in [0.2, 0.25) is 12.6 Å². The van der Waals surface area contributed by atoms with Crippen LogP contribution in [0.15, 0.2) is 60.4 Å². The molecule has 0 radical (unpaired) electrons. The molecule has 4 saturated heterocycles. The number of aliphatic hydroxyl groups is 15. The Hall–Kier alpha value is -4.47. The highest BCUT2D eigenvalue weighted by Gasteiger charge is 2.50. The molecule has 15 N–H and O–H groups in total. The second-order valence-corrected chi connectivity index (χ2v) is 16.8. The van der Waals surface area contributed by atoms with Gasteiger partial charge in [-0.2, -0.15) is 0 Å². The van der Waals surface area contributed by atoms with E-state index in [-0.39, 0.29) is 23.0 Å². The van der Waals surface area contributed by atoms with Crippen molar-refractivity contribution in [1.29, 1.82) is 0 Å². The molecule has 0 saturated carbocycles. The number of allylic oxidation sites excluding steroid dienone is 3. The summed E-state index contributed by atoms with van der Waals surface area (Å²) in [5, 5.41) is 154. The maximum absolute atomic E-state index is 12.8. The summed E-state index contributed by atoms with van der Waals surface area (Å²) >= 11 is 0. The van der Waals surface area contributed by atoms with Crippen LogP contribution in [-0.4, -0.2) is 246 Å². The van der Waals surface area contributed by atoms with Crippen LogP contribution in [0.2, 0.25) is 0 Å². The molecular formula is C45H60O26. The van der Waals surface area contributed by atoms with Gasteiger partial charge in [-0.15, -0.1) is 0 Å². The van der Waals surface area contributed by atoms with Crippen molar-refractivity contribution < 1.29 is 129 Å². The molecule has 4 heterocycles. The summed E-state index contributed by atoms with van der Waals surface area (Å²) in [6, 6.07) is 8.74. The average molecular weight is 1020 g/mol. The number of ketones is 1. The molecule has 20 unspecified atom stereocenters. The highest BCUT2D eigenvalue weighted by molar-refractivity contribution is 6.02. The van der Waals surface area contributed by atoms with E-state index in [1.165, 1.54) is 68.8 Å². The van der Waals surface area contributed by atoms with Crippen molar-refractivity contribution in [3.05, 3.63) is 71.5 Å². The average Bonchev–Trinajstić information content (AvgIpc) is 3.36. The van der Waals surface area contributed by atoms with Crippen LogP contribution in [0, 0.1) is 0 Å². The van der Waals surface area contributed by atoms with Crippen molar-refractivity contribution in [2.24, 2.45) is 0 Å². The Bertz CT molecular complexity index is 2130. The van der Waals surface area contributed by atoms with Gasteiger partial charge in [-0.25, -0.2) is 0 Å². The van der Waals surface area contributed by atoms with Crippen LogP contribution in [0.5, 0.6) is 23.0 Å². The minimum absolute atomic E-state index is 0.00136. The number of carbonyl (C=O) groups excluding carboxylic acids is 1. The summed E-state index contributed by atoms with van der Waals surface area (Å²) in [5.74, 6) is -0.894. The van der Waals surface area contributed by atoms with E-state index in [0.29, 0.717) is 11.1 Å². The molecule has 71 heavy (non-hydrogen) atoms. The van der Waals surface area contributed by atoms with Crippen LogP contribution in [0.25, 0.3) is 12.2 Å². The van der Waals surface area contributed by atoms with E-state index < -0.39 is 161 Å². The van der Waals surface area contributed by atoms with Crippen molar-refractivity contribution in [3.8, 4) is 23.0 Å². The smallest absolute Gasteiger partial charge is 0.229 e. The van der Waals surface area contributed by atoms with E-state index in [2.05, 4.69) is 0 Å². The Morgan fingerprint density at radius 2 is 0.831 bits per heavy atom. The number of hydrogen-bond acceptors (Lipinski definition) is 26. The first-order valence-corrected chi connectivity index (χ1v) is 22.0. The molecule has 4 aliphatic rings. The van der Waals surface area contributed by atoms with Crippen LogP contribution < -0.4 is 18.9 Å². The molecule has 0 spiro atoms. The van der Waals surface area contributed by atoms with Gasteiger partial charge in [0.15, 0.2) is 41.4 Å². The van der Waals surface area contributed by atoms with Gasteiger partial charge in [-0.3, -0.25) is 4.79 Å². The quantitative estimate of drug-likeness (QED) is 0.0354. The monoisotopic (exact) mass is 1020 g/mol. The first kappa shape index (κ1) is 55.8. The zero-order valence-electron chi connectivity index (χ0n) is 37.9. The van der Waals surface area contributed by atoms with Gasteiger partial charge < -0.3 is 124 Å². The van der Waals surface area contributed by atoms with Gasteiger partial charge in [0.25, 0.3) is 0 Å². The van der Waals surface area contributed by atoms with E-state index in [1.807, 2.05) is 0 Å². The van der Waals surface area contributed by atoms with Gasteiger partial charge in [0.1, 0.15) is 103 Å². The van der Waals surface area contributed by atoms with Crippen molar-refractivity contribution in [1.82, 2.24) is 0 Å². The number of hydrogen-bond donors (Lipinski definition) is 15. The second-order valence-electron chi connectivity index (χ2n) is 16.8. The van der Waals surface area contributed by atoms with Gasteiger partial charge in [0, 0.05) is 6.08 Å². The Morgan fingerprint density at radius 1 is 0.479 bits per heavy atom. The van der Waals surface area contributed by atoms with Crippen molar-refractivity contribution in [2.45, 2.75) is 123 Å². The molecule has 20 atom stereocenters. The second kappa shape index (κ2) is 25.0. The Labute approximate surface area is 404 Å². The molecule has 26 nitrogen and oxygen atoms in total. The summed E-state index contributed by atoms with van der Waals surface area (Å²) in [6.07, 6.45) is -26.5. The first-order valence-electron chi connectivity index (χ1n) is 22.0. The molecule has 0 amide bonds. The lowest BCUT2D eigenvalue weighted by atomic mass is 9.98. The summed E-state index contributed by atoms with van der Waals surface area (Å²) in [7, 11) is 2.61. The molecule has 396 valence electrons. The number of carbonyl (C=O) groups is 1. The van der Waals surface area contributed by atoms with Crippen LogP contribution in [0.4, 0.5) is 0 Å². The number of aliphatic hydroxyl groups excluding tert-OH is 15. The van der Waals surface area contributed by atoms with Crippen molar-refractivity contribution in [2.75, 3.05) is 40.6 Å². The number of benzene rings is 2. The van der Waals surface area contributed by atoms with Gasteiger partial charge in [-0.1, -0.05) is 24.3 Å². The lowest BCUT2D eigenvalue weighted by Gasteiger charge is -2.42. The molecule has 4 fully saturated rings. The standard InChI is InChI=1S/C45H60O26/c1-62-24-11-18(5-9-22(24)66-44-40(60)36(56)32(52)28(70-44)16-64-42-38(58)34(54)30(50)26(14-46)68-42)3-7-20(48)13-21(49)8-4-19-6-10-23(25(12-19)63-2)67-45-41(61)37(57)33(53)29(71-45)17-65-43-39(59)35(55)31(51)27(15-47)69-43/h3-13,26-48,50-61H,14-17H2,1-2H3. The predicted octanol–water partition coefficient (Wildman–Crippen LogP) is -5.55. The molecule has 26 heteroatoms. The molecule has 2 aromatic carbocycles. The number of rotatable bonds is 19. The van der Waals surface area contributed by atoms with Crippen LogP contribution in [-0.2, 0) is 33.2 Å². The maximum atomic E-state index is 12.8. The van der Waals surface area contributed by atoms with Gasteiger partial charge in [0.05, 0.1) is 40.6 Å². The molecular weight excluding hydrogens is 956 g/mol. The van der Waals surface area contributed by atoms with Crippen molar-refractivity contribution in [3.63, 3.8) is 0 Å². The first-order chi connectivity index (χ1) is 33.8. The Morgan fingerprint density at radius 3 is 1.21 bits per heavy atom. The SMILES string of the molecule is COc1cc(C=CC(=O)C=C(O)C=Cc2ccc(OC3OC(COC4OC(CO)C(O)C(O)C4O)C(O)C(O)C3O)c(OC)c2)ccc1OC1OC(COC2OC(CO)C(O)C(O)C2O)C(O)C(O)C1O.